The zero-order valence-corrected chi connectivity index (χ0v) is 22.5. The predicted octanol–water partition coefficient (Wildman–Crippen LogP) is 6.59. The minimum atomic E-state index is -0.258. The van der Waals surface area contributed by atoms with Crippen LogP contribution >= 0.6 is 0 Å². The number of carbonyl (C=O) groups excluding carboxylic acids is 1. The Balaban J connectivity index is 1.23. The van der Waals surface area contributed by atoms with E-state index >= 15 is 0 Å². The maximum absolute atomic E-state index is 14.0. The maximum atomic E-state index is 14.0. The van der Waals surface area contributed by atoms with E-state index in [1.807, 2.05) is 59.7 Å². The second-order valence-corrected chi connectivity index (χ2v) is 12.2. The molecule has 4 bridgehead atoms. The molecule has 8 rings (SSSR count). The molecule has 7 heteroatoms. The molecule has 4 aromatic rings. The van der Waals surface area contributed by atoms with Gasteiger partial charge in [0.25, 0.3) is 5.91 Å². The Kier molecular flexibility index (Phi) is 5.72. The van der Waals surface area contributed by atoms with E-state index in [1.54, 1.807) is 12.1 Å². The molecule has 0 radical (unpaired) electrons. The number of para-hydroxylation sites is 1. The predicted molar refractivity (Wildman–Crippen MR) is 149 cm³/mol. The lowest BCUT2D eigenvalue weighted by atomic mass is 9.48. The highest BCUT2D eigenvalue weighted by molar-refractivity contribution is 6.05. The molecule has 0 aliphatic heterocycles. The summed E-state index contributed by atoms with van der Waals surface area (Å²) in [5, 5.41) is 13.1. The quantitative estimate of drug-likeness (QED) is 0.310. The van der Waals surface area contributed by atoms with Crippen molar-refractivity contribution in [1.29, 1.82) is 0 Å². The largest absolute Gasteiger partial charge is 0.319 e. The Morgan fingerprint density at radius 3 is 2.23 bits per heavy atom. The van der Waals surface area contributed by atoms with E-state index in [0.717, 1.165) is 71.0 Å². The third kappa shape index (κ3) is 4.28. The lowest BCUT2D eigenvalue weighted by Gasteiger charge is -2.56. The fraction of sp³-hybridized carbons (Fsp3) is 0.406. The second-order valence-electron chi connectivity index (χ2n) is 12.2. The van der Waals surface area contributed by atoms with Gasteiger partial charge in [-0.25, -0.2) is 9.07 Å². The number of halogens is 1. The van der Waals surface area contributed by atoms with Crippen molar-refractivity contribution < 1.29 is 9.18 Å². The second kappa shape index (κ2) is 9.18. The molecule has 4 aliphatic carbocycles. The van der Waals surface area contributed by atoms with E-state index in [4.69, 9.17) is 10.2 Å². The van der Waals surface area contributed by atoms with Gasteiger partial charge in [0.15, 0.2) is 0 Å². The van der Waals surface area contributed by atoms with Crippen molar-refractivity contribution in [3.63, 3.8) is 0 Å². The molecule has 39 heavy (non-hydrogen) atoms. The summed E-state index contributed by atoms with van der Waals surface area (Å²) in [7, 11) is 0. The molecule has 2 aromatic heterocycles. The van der Waals surface area contributed by atoms with Crippen molar-refractivity contribution in [3.8, 4) is 5.69 Å². The number of aromatic nitrogens is 4. The Labute approximate surface area is 228 Å². The van der Waals surface area contributed by atoms with Crippen LogP contribution in [0, 0.1) is 37.4 Å². The summed E-state index contributed by atoms with van der Waals surface area (Å²) in [5.74, 6) is 1.87. The summed E-state index contributed by atoms with van der Waals surface area (Å²) in [6.45, 7) is 4.39. The summed E-state index contributed by atoms with van der Waals surface area (Å²) in [4.78, 5) is 14.0. The first kappa shape index (κ1) is 24.3. The van der Waals surface area contributed by atoms with Crippen LogP contribution in [-0.4, -0.2) is 25.5 Å². The highest BCUT2D eigenvalue weighted by atomic mass is 19.1. The van der Waals surface area contributed by atoms with Gasteiger partial charge in [0.05, 0.1) is 40.6 Å². The zero-order chi connectivity index (χ0) is 26.7. The monoisotopic (exact) mass is 523 g/mol. The van der Waals surface area contributed by atoms with E-state index in [0.29, 0.717) is 12.1 Å². The van der Waals surface area contributed by atoms with Crippen LogP contribution in [0.3, 0.4) is 0 Å². The number of benzene rings is 2. The zero-order valence-electron chi connectivity index (χ0n) is 22.5. The Morgan fingerprint density at radius 2 is 1.59 bits per heavy atom. The van der Waals surface area contributed by atoms with Gasteiger partial charge in [-0.2, -0.15) is 10.2 Å². The number of rotatable bonds is 6. The number of anilines is 1. The van der Waals surface area contributed by atoms with E-state index < -0.39 is 0 Å². The first-order chi connectivity index (χ1) is 18.9. The van der Waals surface area contributed by atoms with Crippen molar-refractivity contribution in [2.75, 3.05) is 5.32 Å². The third-order valence-corrected chi connectivity index (χ3v) is 9.39. The molecule has 6 nitrogen and oxygen atoms in total. The van der Waals surface area contributed by atoms with E-state index in [1.165, 1.54) is 31.4 Å². The maximum Gasteiger partial charge on any atom is 0.259 e. The molecule has 0 unspecified atom stereocenters. The summed E-state index contributed by atoms with van der Waals surface area (Å²) >= 11 is 0. The molecule has 4 fully saturated rings. The lowest BCUT2D eigenvalue weighted by Crippen LogP contribution is -2.49. The van der Waals surface area contributed by atoms with Gasteiger partial charge in [0, 0.05) is 11.6 Å². The van der Waals surface area contributed by atoms with Gasteiger partial charge in [-0.3, -0.25) is 9.48 Å². The van der Waals surface area contributed by atoms with Crippen molar-refractivity contribution in [2.24, 2.45) is 17.8 Å². The summed E-state index contributed by atoms with van der Waals surface area (Å²) in [5.41, 5.74) is 5.90. The number of hydrogen-bond acceptors (Lipinski definition) is 3. The van der Waals surface area contributed by atoms with Gasteiger partial charge >= 0.3 is 0 Å². The van der Waals surface area contributed by atoms with Crippen LogP contribution in [0.5, 0.6) is 0 Å². The molecular formula is C32H34FN5O. The van der Waals surface area contributed by atoms with Crippen molar-refractivity contribution in [3.05, 3.63) is 94.8 Å². The van der Waals surface area contributed by atoms with Crippen LogP contribution < -0.4 is 5.32 Å². The van der Waals surface area contributed by atoms with Crippen molar-refractivity contribution >= 4 is 11.6 Å². The lowest BCUT2D eigenvalue weighted by molar-refractivity contribution is -0.00765. The summed E-state index contributed by atoms with van der Waals surface area (Å²) in [6.07, 6.45) is 9.35. The first-order valence-corrected chi connectivity index (χ1v) is 14.1. The molecular weight excluding hydrogens is 489 g/mol. The highest BCUT2D eigenvalue weighted by Gasteiger charge is 2.54. The first-order valence-electron chi connectivity index (χ1n) is 14.1. The average molecular weight is 524 g/mol. The van der Waals surface area contributed by atoms with Crippen molar-refractivity contribution in [2.45, 2.75) is 64.3 Å². The van der Waals surface area contributed by atoms with E-state index in [9.17, 15) is 9.18 Å². The fourth-order valence-corrected chi connectivity index (χ4v) is 8.02. The highest BCUT2D eigenvalue weighted by Crippen LogP contribution is 2.61. The third-order valence-electron chi connectivity index (χ3n) is 9.39. The van der Waals surface area contributed by atoms with Gasteiger partial charge in [0.2, 0.25) is 0 Å². The van der Waals surface area contributed by atoms with E-state index in [2.05, 4.69) is 5.32 Å². The van der Waals surface area contributed by atoms with Crippen LogP contribution in [0.2, 0.25) is 0 Å². The molecule has 2 heterocycles. The van der Waals surface area contributed by atoms with Gasteiger partial charge in [-0.1, -0.05) is 30.3 Å². The number of nitrogens with one attached hydrogen (secondary N) is 1. The van der Waals surface area contributed by atoms with Crippen molar-refractivity contribution in [1.82, 2.24) is 19.6 Å². The van der Waals surface area contributed by atoms with Gasteiger partial charge in [-0.05, 0) is 100.0 Å². The van der Waals surface area contributed by atoms with E-state index in [-0.39, 0.29) is 17.1 Å². The fourth-order valence-electron chi connectivity index (χ4n) is 8.02. The molecule has 2 aromatic carbocycles. The molecule has 4 aliphatic rings. The number of amides is 1. The average Bonchev–Trinajstić information content (AvgIpc) is 3.48. The topological polar surface area (TPSA) is 64.7 Å². The van der Waals surface area contributed by atoms with Crippen LogP contribution in [-0.2, 0) is 12.0 Å². The molecule has 1 amide bonds. The standard InChI is InChI=1S/C32H34FN5O/c1-20-29(21(2)37(35-20)18-22-8-10-26(33)11-9-22)34-31(39)28-19-38(27-6-4-3-5-7-27)36-30(28)32-15-23-12-24(16-32)14-25(13-23)17-32/h3-11,19,23-25H,12-18H2,1-2H3,(H,34,39). The normalized spacial score (nSPS) is 25.3. The van der Waals surface area contributed by atoms with Gasteiger partial charge in [-0.15, -0.1) is 0 Å². The summed E-state index contributed by atoms with van der Waals surface area (Å²) < 4.78 is 17.1. The van der Waals surface area contributed by atoms with Crippen LogP contribution in [0.15, 0.2) is 60.8 Å². The van der Waals surface area contributed by atoms with Crippen LogP contribution in [0.25, 0.3) is 5.69 Å². The Bertz CT molecular complexity index is 1500. The number of carbonyl (C=O) groups is 1. The number of nitrogens with zero attached hydrogens (tertiary/aromatic N) is 4. The molecule has 0 spiro atoms. The molecule has 0 saturated heterocycles. The minimum absolute atomic E-state index is 0.0156. The minimum Gasteiger partial charge on any atom is -0.319 e. The Morgan fingerprint density at radius 1 is 0.949 bits per heavy atom. The SMILES string of the molecule is Cc1nn(Cc2ccc(F)cc2)c(C)c1NC(=O)c1cn(-c2ccccc2)nc1C12CC3CC(CC(C3)C1)C2. The Hall–Kier alpha value is -3.74. The van der Waals surface area contributed by atoms with Crippen LogP contribution in [0.1, 0.15) is 71.5 Å². The molecule has 0 atom stereocenters. The number of hydrogen-bond donors (Lipinski definition) is 1. The van der Waals surface area contributed by atoms with Crippen LogP contribution in [0.4, 0.5) is 10.1 Å². The molecule has 200 valence electrons. The van der Waals surface area contributed by atoms with Gasteiger partial charge in [0.1, 0.15) is 5.82 Å². The smallest absolute Gasteiger partial charge is 0.259 e. The number of aryl methyl sites for hydroxylation is 1. The van der Waals surface area contributed by atoms with Gasteiger partial charge < -0.3 is 5.32 Å². The molecule has 4 saturated carbocycles. The molecule has 1 N–H and O–H groups in total. The summed E-state index contributed by atoms with van der Waals surface area (Å²) in [6, 6.07) is 16.5.